The Morgan fingerprint density at radius 2 is 2.10 bits per heavy atom. The standard InChI is InChI=1S/C16H13FN2O2/c1-9-12(3-4-18-16(9)21-2)13-6-10-5-11(8-20)19-15(10)7-14(13)17/h3-8,19H,1-2H3. The molecule has 21 heavy (non-hydrogen) atoms. The van der Waals surface area contributed by atoms with Gasteiger partial charge < -0.3 is 9.72 Å². The van der Waals surface area contributed by atoms with Gasteiger partial charge in [0.05, 0.1) is 12.8 Å². The Labute approximate surface area is 120 Å². The molecule has 3 aromatic rings. The Balaban J connectivity index is 2.24. The quantitative estimate of drug-likeness (QED) is 0.749. The monoisotopic (exact) mass is 284 g/mol. The summed E-state index contributed by atoms with van der Waals surface area (Å²) in [5.41, 5.74) is 2.96. The molecule has 0 saturated carbocycles. The molecule has 0 atom stereocenters. The van der Waals surface area contributed by atoms with E-state index < -0.39 is 0 Å². The van der Waals surface area contributed by atoms with Gasteiger partial charge in [-0.2, -0.15) is 0 Å². The van der Waals surface area contributed by atoms with Gasteiger partial charge in [0.1, 0.15) is 5.82 Å². The topological polar surface area (TPSA) is 55.0 Å². The van der Waals surface area contributed by atoms with Crippen molar-refractivity contribution in [3.8, 4) is 17.0 Å². The molecule has 0 saturated heterocycles. The second kappa shape index (κ2) is 5.01. The van der Waals surface area contributed by atoms with Crippen LogP contribution in [0.1, 0.15) is 16.1 Å². The second-order valence-electron chi connectivity index (χ2n) is 4.75. The summed E-state index contributed by atoms with van der Waals surface area (Å²) in [6.07, 6.45) is 2.29. The van der Waals surface area contributed by atoms with E-state index in [1.165, 1.54) is 13.2 Å². The van der Waals surface area contributed by atoms with Crippen molar-refractivity contribution in [2.24, 2.45) is 0 Å². The molecule has 5 heteroatoms. The minimum absolute atomic E-state index is 0.363. The van der Waals surface area contributed by atoms with Gasteiger partial charge in [0.15, 0.2) is 6.29 Å². The van der Waals surface area contributed by atoms with E-state index in [-0.39, 0.29) is 5.82 Å². The number of carbonyl (C=O) groups is 1. The van der Waals surface area contributed by atoms with Crippen LogP contribution in [0.5, 0.6) is 5.88 Å². The average molecular weight is 284 g/mol. The van der Waals surface area contributed by atoms with Crippen LogP contribution in [0.25, 0.3) is 22.0 Å². The maximum atomic E-state index is 14.4. The lowest BCUT2D eigenvalue weighted by Crippen LogP contribution is -1.95. The van der Waals surface area contributed by atoms with Crippen molar-refractivity contribution in [3.63, 3.8) is 0 Å². The van der Waals surface area contributed by atoms with Crippen molar-refractivity contribution in [3.05, 3.63) is 47.5 Å². The summed E-state index contributed by atoms with van der Waals surface area (Å²) >= 11 is 0. The number of pyridine rings is 1. The van der Waals surface area contributed by atoms with Crippen molar-refractivity contribution in [2.45, 2.75) is 6.92 Å². The molecule has 0 aliphatic carbocycles. The fourth-order valence-corrected chi connectivity index (χ4v) is 2.46. The van der Waals surface area contributed by atoms with Crippen LogP contribution < -0.4 is 4.74 Å². The van der Waals surface area contributed by atoms with E-state index >= 15 is 0 Å². The van der Waals surface area contributed by atoms with E-state index in [0.717, 1.165) is 16.5 Å². The van der Waals surface area contributed by atoms with Crippen molar-refractivity contribution < 1.29 is 13.9 Å². The lowest BCUT2D eigenvalue weighted by atomic mass is 10.00. The Hall–Kier alpha value is -2.69. The van der Waals surface area contributed by atoms with E-state index in [4.69, 9.17) is 4.74 Å². The van der Waals surface area contributed by atoms with Crippen LogP contribution in [0, 0.1) is 12.7 Å². The molecule has 1 N–H and O–H groups in total. The first-order valence-corrected chi connectivity index (χ1v) is 6.41. The van der Waals surface area contributed by atoms with Gasteiger partial charge in [-0.05, 0) is 36.8 Å². The largest absolute Gasteiger partial charge is 0.481 e. The maximum Gasteiger partial charge on any atom is 0.216 e. The highest BCUT2D eigenvalue weighted by Gasteiger charge is 2.14. The van der Waals surface area contributed by atoms with Gasteiger partial charge in [-0.25, -0.2) is 9.37 Å². The van der Waals surface area contributed by atoms with Crippen LogP contribution in [0.3, 0.4) is 0 Å². The number of hydrogen-bond acceptors (Lipinski definition) is 3. The summed E-state index contributed by atoms with van der Waals surface area (Å²) in [7, 11) is 1.53. The van der Waals surface area contributed by atoms with E-state index in [1.807, 2.05) is 6.92 Å². The van der Waals surface area contributed by atoms with Crippen molar-refractivity contribution in [1.82, 2.24) is 9.97 Å². The lowest BCUT2D eigenvalue weighted by molar-refractivity contribution is 0.112. The van der Waals surface area contributed by atoms with Crippen molar-refractivity contribution in [2.75, 3.05) is 7.11 Å². The number of benzene rings is 1. The molecule has 3 rings (SSSR count). The lowest BCUT2D eigenvalue weighted by Gasteiger charge is -2.10. The van der Waals surface area contributed by atoms with Gasteiger partial charge in [0, 0.05) is 28.2 Å². The minimum Gasteiger partial charge on any atom is -0.481 e. The van der Waals surface area contributed by atoms with E-state index in [0.29, 0.717) is 28.9 Å². The molecule has 4 nitrogen and oxygen atoms in total. The number of halogens is 1. The molecule has 2 aromatic heterocycles. The molecule has 0 fully saturated rings. The molecular weight excluding hydrogens is 271 g/mol. The van der Waals surface area contributed by atoms with E-state index in [2.05, 4.69) is 9.97 Å². The summed E-state index contributed by atoms with van der Waals surface area (Å²) in [6.45, 7) is 1.83. The fourth-order valence-electron chi connectivity index (χ4n) is 2.46. The number of rotatable bonds is 3. The predicted molar refractivity (Wildman–Crippen MR) is 78.2 cm³/mol. The van der Waals surface area contributed by atoms with Gasteiger partial charge in [-0.1, -0.05) is 0 Å². The second-order valence-corrected chi connectivity index (χ2v) is 4.75. The molecule has 1 aromatic carbocycles. The smallest absolute Gasteiger partial charge is 0.216 e. The first-order chi connectivity index (χ1) is 10.1. The number of ether oxygens (including phenoxy) is 1. The highest BCUT2D eigenvalue weighted by atomic mass is 19.1. The third-order valence-corrected chi connectivity index (χ3v) is 3.50. The summed E-state index contributed by atoms with van der Waals surface area (Å²) in [5.74, 6) is 0.104. The summed E-state index contributed by atoms with van der Waals surface area (Å²) in [4.78, 5) is 17.8. The van der Waals surface area contributed by atoms with Gasteiger partial charge in [-0.3, -0.25) is 4.79 Å². The van der Waals surface area contributed by atoms with E-state index in [9.17, 15) is 9.18 Å². The van der Waals surface area contributed by atoms with Gasteiger partial charge >= 0.3 is 0 Å². The SMILES string of the molecule is COc1nccc(-c2cc3cc(C=O)[nH]c3cc2F)c1C. The number of hydrogen-bond donors (Lipinski definition) is 1. The first-order valence-electron chi connectivity index (χ1n) is 6.41. The Morgan fingerprint density at radius 3 is 2.81 bits per heavy atom. The Bertz CT molecular complexity index is 840. The number of H-pyrrole nitrogens is 1. The molecule has 0 aliphatic heterocycles. The van der Waals surface area contributed by atoms with Crippen molar-refractivity contribution in [1.29, 1.82) is 0 Å². The molecule has 0 bridgehead atoms. The molecule has 0 amide bonds. The van der Waals surface area contributed by atoms with Crippen LogP contribution >= 0.6 is 0 Å². The number of aldehydes is 1. The zero-order valence-electron chi connectivity index (χ0n) is 11.6. The maximum absolute atomic E-state index is 14.4. The number of carbonyl (C=O) groups excluding carboxylic acids is 1. The zero-order chi connectivity index (χ0) is 15.0. The number of aromatic amines is 1. The first kappa shape index (κ1) is 13.3. The molecule has 0 radical (unpaired) electrons. The molecular formula is C16H13FN2O2. The van der Waals surface area contributed by atoms with Crippen LogP contribution in [-0.2, 0) is 0 Å². The third kappa shape index (κ3) is 2.16. The number of aromatic nitrogens is 2. The predicted octanol–water partition coefficient (Wildman–Crippen LogP) is 3.50. The zero-order valence-corrected chi connectivity index (χ0v) is 11.6. The molecule has 106 valence electrons. The third-order valence-electron chi connectivity index (χ3n) is 3.50. The Kier molecular flexibility index (Phi) is 3.17. The number of fused-ring (bicyclic) bond motifs is 1. The molecule has 0 aliphatic rings. The van der Waals surface area contributed by atoms with Crippen LogP contribution in [0.2, 0.25) is 0 Å². The summed E-state index contributed by atoms with van der Waals surface area (Å²) in [6, 6.07) is 6.55. The number of methoxy groups -OCH3 is 1. The molecule has 0 unspecified atom stereocenters. The Morgan fingerprint density at radius 1 is 1.29 bits per heavy atom. The van der Waals surface area contributed by atoms with Crippen LogP contribution in [-0.4, -0.2) is 23.4 Å². The highest BCUT2D eigenvalue weighted by molar-refractivity contribution is 5.91. The van der Waals surface area contributed by atoms with Gasteiger partial charge in [-0.15, -0.1) is 0 Å². The number of nitrogens with one attached hydrogen (secondary N) is 1. The summed E-state index contributed by atoms with van der Waals surface area (Å²) < 4.78 is 19.5. The van der Waals surface area contributed by atoms with Gasteiger partial charge in [0.2, 0.25) is 5.88 Å². The number of nitrogens with zero attached hydrogens (tertiary/aromatic N) is 1. The van der Waals surface area contributed by atoms with Crippen LogP contribution in [0.15, 0.2) is 30.5 Å². The van der Waals surface area contributed by atoms with Crippen molar-refractivity contribution >= 4 is 17.2 Å². The van der Waals surface area contributed by atoms with E-state index in [1.54, 1.807) is 24.4 Å². The molecule has 0 spiro atoms. The highest BCUT2D eigenvalue weighted by Crippen LogP contribution is 2.32. The minimum atomic E-state index is -0.363. The van der Waals surface area contributed by atoms with Crippen LogP contribution in [0.4, 0.5) is 4.39 Å². The average Bonchev–Trinajstić information content (AvgIpc) is 2.89. The summed E-state index contributed by atoms with van der Waals surface area (Å²) in [5, 5.41) is 0.781. The molecule has 2 heterocycles. The van der Waals surface area contributed by atoms with Gasteiger partial charge in [0.25, 0.3) is 0 Å². The normalized spacial score (nSPS) is 10.8. The fraction of sp³-hybridized carbons (Fsp3) is 0.125.